The highest BCUT2D eigenvalue weighted by Crippen LogP contribution is 2.35. The van der Waals surface area contributed by atoms with E-state index >= 15 is 0 Å². The van der Waals surface area contributed by atoms with Crippen LogP contribution < -0.4 is 16.0 Å². The van der Waals surface area contributed by atoms with Crippen molar-refractivity contribution in [2.24, 2.45) is 7.05 Å². The maximum absolute atomic E-state index is 3.68. The van der Waals surface area contributed by atoms with Gasteiger partial charge in [0.25, 0.3) is 0 Å². The van der Waals surface area contributed by atoms with E-state index in [1.165, 1.54) is 57.9 Å². The number of piperidine rings is 1. The fraction of sp³-hybridized carbons (Fsp3) is 0.407. The molecule has 5 heteroatoms. The van der Waals surface area contributed by atoms with E-state index in [1.54, 1.807) is 0 Å². The van der Waals surface area contributed by atoms with E-state index in [1.807, 2.05) is 0 Å². The Balaban J connectivity index is 1.32. The Labute approximate surface area is 189 Å². The Morgan fingerprint density at radius 3 is 2.62 bits per heavy atom. The van der Waals surface area contributed by atoms with Crippen LogP contribution in [0, 0.1) is 0 Å². The molecule has 166 valence electrons. The molecule has 1 atom stereocenters. The summed E-state index contributed by atoms with van der Waals surface area (Å²) in [6.07, 6.45) is 8.15. The van der Waals surface area contributed by atoms with Crippen molar-refractivity contribution >= 4 is 33.2 Å². The normalized spacial score (nSPS) is 19.5. The molecule has 1 saturated heterocycles. The summed E-state index contributed by atoms with van der Waals surface area (Å²) in [5.74, 6) is 0.646. The van der Waals surface area contributed by atoms with Crippen molar-refractivity contribution in [2.75, 3.05) is 25.5 Å². The van der Waals surface area contributed by atoms with Gasteiger partial charge in [-0.15, -0.1) is 0 Å². The number of nitrogens with one attached hydrogen (secondary N) is 4. The van der Waals surface area contributed by atoms with Crippen molar-refractivity contribution in [3.05, 3.63) is 59.4 Å². The maximum atomic E-state index is 3.68. The van der Waals surface area contributed by atoms with Gasteiger partial charge in [0.2, 0.25) is 0 Å². The minimum Gasteiger partial charge on any atom is -0.361 e. The summed E-state index contributed by atoms with van der Waals surface area (Å²) in [6.45, 7) is 2.23. The summed E-state index contributed by atoms with van der Waals surface area (Å²) in [5.41, 5.74) is 9.36. The maximum Gasteiger partial charge on any atom is 0.0503 e. The number of aromatic nitrogens is 2. The van der Waals surface area contributed by atoms with Crippen LogP contribution in [0.15, 0.2) is 42.6 Å². The minimum absolute atomic E-state index is 0.591. The first-order valence-corrected chi connectivity index (χ1v) is 12.1. The highest BCUT2D eigenvalue weighted by Gasteiger charge is 2.23. The summed E-state index contributed by atoms with van der Waals surface area (Å²) in [7, 11) is 4.31. The Hall–Kier alpha value is -2.76. The highest BCUT2D eigenvalue weighted by atomic mass is 15.0. The van der Waals surface area contributed by atoms with E-state index in [0.717, 1.165) is 37.3 Å². The number of anilines is 2. The van der Waals surface area contributed by atoms with Gasteiger partial charge in [-0.05, 0) is 99.6 Å². The Kier molecular flexibility index (Phi) is 4.96. The fourth-order valence-electron chi connectivity index (χ4n) is 5.95. The van der Waals surface area contributed by atoms with Crippen LogP contribution in [0.2, 0.25) is 0 Å². The van der Waals surface area contributed by atoms with Crippen LogP contribution in [0.5, 0.6) is 0 Å². The zero-order valence-corrected chi connectivity index (χ0v) is 19.1. The molecule has 0 amide bonds. The molecule has 6 rings (SSSR count). The molecule has 0 radical (unpaired) electrons. The number of benzene rings is 2. The molecule has 0 saturated carbocycles. The van der Waals surface area contributed by atoms with E-state index < -0.39 is 0 Å². The van der Waals surface area contributed by atoms with Gasteiger partial charge in [-0.25, -0.2) is 0 Å². The predicted molar refractivity (Wildman–Crippen MR) is 134 cm³/mol. The zero-order valence-electron chi connectivity index (χ0n) is 19.1. The third kappa shape index (κ3) is 3.31. The standard InChI is InChI=1S/C27H33N5/c1-28-18-5-8-26-23(13-18)21-6-3-20(15-27(21)32(26)2)31-19-4-7-25-22(14-19)24(16-30-25)17-9-11-29-12-10-17/h3-4,6-7,14-18,28-31H,5,8-13H2,1-2H3. The van der Waals surface area contributed by atoms with Gasteiger partial charge in [-0.3, -0.25) is 0 Å². The quantitative estimate of drug-likeness (QED) is 0.373. The van der Waals surface area contributed by atoms with Gasteiger partial charge in [0.15, 0.2) is 0 Å². The van der Waals surface area contributed by atoms with Crippen LogP contribution in [-0.4, -0.2) is 35.7 Å². The third-order valence-corrected chi connectivity index (χ3v) is 7.81. The first-order chi connectivity index (χ1) is 15.7. The van der Waals surface area contributed by atoms with E-state index in [2.05, 4.69) is 82.2 Å². The van der Waals surface area contributed by atoms with Crippen LogP contribution in [-0.2, 0) is 19.9 Å². The van der Waals surface area contributed by atoms with Crippen molar-refractivity contribution in [2.45, 2.75) is 44.1 Å². The van der Waals surface area contributed by atoms with E-state index in [9.17, 15) is 0 Å². The predicted octanol–water partition coefficient (Wildman–Crippen LogP) is 4.95. The van der Waals surface area contributed by atoms with E-state index in [0.29, 0.717) is 12.0 Å². The molecule has 2 aliphatic rings. The molecule has 3 heterocycles. The Morgan fingerprint density at radius 2 is 1.78 bits per heavy atom. The van der Waals surface area contributed by atoms with Crippen LogP contribution in [0.1, 0.15) is 42.0 Å². The molecule has 1 aliphatic carbocycles. The van der Waals surface area contributed by atoms with Gasteiger partial charge < -0.3 is 25.5 Å². The molecule has 2 aromatic heterocycles. The second-order valence-electron chi connectivity index (χ2n) is 9.60. The molecule has 4 aromatic rings. The van der Waals surface area contributed by atoms with E-state index in [-0.39, 0.29) is 0 Å². The fourth-order valence-corrected chi connectivity index (χ4v) is 5.95. The lowest BCUT2D eigenvalue weighted by Crippen LogP contribution is -2.31. The first-order valence-electron chi connectivity index (χ1n) is 12.1. The highest BCUT2D eigenvalue weighted by molar-refractivity contribution is 5.91. The average Bonchev–Trinajstić information content (AvgIpc) is 3.38. The molecular formula is C27H33N5. The average molecular weight is 428 g/mol. The van der Waals surface area contributed by atoms with Gasteiger partial charge in [-0.2, -0.15) is 0 Å². The van der Waals surface area contributed by atoms with Gasteiger partial charge in [-0.1, -0.05) is 6.07 Å². The summed E-state index contributed by atoms with van der Waals surface area (Å²) >= 11 is 0. The van der Waals surface area contributed by atoms with Gasteiger partial charge in [0.1, 0.15) is 0 Å². The lowest BCUT2D eigenvalue weighted by Gasteiger charge is -2.22. The second-order valence-corrected chi connectivity index (χ2v) is 9.60. The number of nitrogens with zero attached hydrogens (tertiary/aromatic N) is 1. The largest absolute Gasteiger partial charge is 0.361 e. The Morgan fingerprint density at radius 1 is 0.969 bits per heavy atom. The summed E-state index contributed by atoms with van der Waals surface area (Å²) < 4.78 is 2.41. The monoisotopic (exact) mass is 427 g/mol. The molecule has 1 fully saturated rings. The SMILES string of the molecule is CNC1CCc2c(c3ccc(Nc4ccc5[nH]cc(C6CCNCC6)c5c4)cc3n2C)C1. The lowest BCUT2D eigenvalue weighted by atomic mass is 9.90. The second kappa shape index (κ2) is 7.98. The van der Waals surface area contributed by atoms with Gasteiger partial charge in [0, 0.05) is 52.6 Å². The van der Waals surface area contributed by atoms with E-state index in [4.69, 9.17) is 0 Å². The molecule has 32 heavy (non-hydrogen) atoms. The number of aromatic amines is 1. The molecule has 1 unspecified atom stereocenters. The molecule has 1 aliphatic heterocycles. The number of likely N-dealkylation sites (N-methyl/N-ethyl adjacent to an activating group) is 1. The number of rotatable bonds is 4. The van der Waals surface area contributed by atoms with Crippen molar-refractivity contribution in [3.63, 3.8) is 0 Å². The van der Waals surface area contributed by atoms with Crippen LogP contribution >= 0.6 is 0 Å². The summed E-state index contributed by atoms with van der Waals surface area (Å²) in [4.78, 5) is 3.49. The van der Waals surface area contributed by atoms with Gasteiger partial charge >= 0.3 is 0 Å². The van der Waals surface area contributed by atoms with Crippen LogP contribution in [0.25, 0.3) is 21.8 Å². The summed E-state index contributed by atoms with van der Waals surface area (Å²) in [6, 6.07) is 14.2. The zero-order chi connectivity index (χ0) is 21.7. The lowest BCUT2D eigenvalue weighted by molar-refractivity contribution is 0.462. The molecule has 4 N–H and O–H groups in total. The molecule has 0 spiro atoms. The smallest absolute Gasteiger partial charge is 0.0503 e. The number of hydrogen-bond donors (Lipinski definition) is 4. The topological polar surface area (TPSA) is 56.8 Å². The summed E-state index contributed by atoms with van der Waals surface area (Å²) in [5, 5.41) is 13.4. The minimum atomic E-state index is 0.591. The molecule has 0 bridgehead atoms. The number of fused-ring (bicyclic) bond motifs is 4. The number of hydrogen-bond acceptors (Lipinski definition) is 3. The third-order valence-electron chi connectivity index (χ3n) is 7.81. The van der Waals surface area contributed by atoms with Crippen molar-refractivity contribution < 1.29 is 0 Å². The van der Waals surface area contributed by atoms with Gasteiger partial charge in [0.05, 0.1) is 5.52 Å². The molecular weight excluding hydrogens is 394 g/mol. The first kappa shape index (κ1) is 19.9. The molecule has 5 nitrogen and oxygen atoms in total. The van der Waals surface area contributed by atoms with Crippen LogP contribution in [0.4, 0.5) is 11.4 Å². The van der Waals surface area contributed by atoms with Crippen molar-refractivity contribution in [1.82, 2.24) is 20.2 Å². The number of H-pyrrole nitrogens is 1. The number of aryl methyl sites for hydroxylation is 1. The van der Waals surface area contributed by atoms with Crippen molar-refractivity contribution in [1.29, 1.82) is 0 Å². The van der Waals surface area contributed by atoms with Crippen molar-refractivity contribution in [3.8, 4) is 0 Å². The molecule has 2 aromatic carbocycles. The Bertz CT molecular complexity index is 1270. The van der Waals surface area contributed by atoms with Crippen LogP contribution in [0.3, 0.4) is 0 Å².